The van der Waals surface area contributed by atoms with E-state index in [1.807, 2.05) is 0 Å². The van der Waals surface area contributed by atoms with Crippen LogP contribution in [0.1, 0.15) is 34.1 Å². The van der Waals surface area contributed by atoms with Gasteiger partial charge in [0, 0.05) is 12.6 Å². The summed E-state index contributed by atoms with van der Waals surface area (Å²) in [6.45, 7) is 12.5. The molecule has 2 heteroatoms. The highest BCUT2D eigenvalue weighted by molar-refractivity contribution is 4.96. The lowest BCUT2D eigenvalue weighted by Gasteiger charge is -2.14. The summed E-state index contributed by atoms with van der Waals surface area (Å²) in [6, 6.07) is 0.608. The number of hydrogen-bond acceptors (Lipinski definition) is 2. The van der Waals surface area contributed by atoms with Gasteiger partial charge in [-0.3, -0.25) is 0 Å². The quantitative estimate of drug-likeness (QED) is 0.655. The molecule has 2 nitrogen and oxygen atoms in total. The highest BCUT2D eigenvalue weighted by Gasteiger charge is 2.44. The summed E-state index contributed by atoms with van der Waals surface area (Å²) in [6.07, 6.45) is 1.40. The fourth-order valence-corrected chi connectivity index (χ4v) is 1.70. The van der Waals surface area contributed by atoms with Crippen LogP contribution in [-0.2, 0) is 0 Å². The van der Waals surface area contributed by atoms with E-state index in [1.54, 1.807) is 0 Å². The van der Waals surface area contributed by atoms with Gasteiger partial charge in [-0.25, -0.2) is 0 Å². The van der Waals surface area contributed by atoms with E-state index in [0.29, 0.717) is 11.5 Å². The Balaban J connectivity index is 2.00. The predicted molar refractivity (Wildman–Crippen MR) is 57.9 cm³/mol. The molecular formula is C11H24N2. The van der Waals surface area contributed by atoms with Gasteiger partial charge in [-0.2, -0.15) is 0 Å². The third-order valence-corrected chi connectivity index (χ3v) is 3.13. The second kappa shape index (κ2) is 4.43. The van der Waals surface area contributed by atoms with E-state index in [4.69, 9.17) is 0 Å². The Morgan fingerprint density at radius 1 is 1.46 bits per heavy atom. The Morgan fingerprint density at radius 2 is 2.08 bits per heavy atom. The average Bonchev–Trinajstić information content (AvgIpc) is 2.67. The van der Waals surface area contributed by atoms with Crippen molar-refractivity contribution in [1.29, 1.82) is 0 Å². The molecule has 78 valence electrons. The molecule has 1 saturated carbocycles. The first-order valence-electron chi connectivity index (χ1n) is 5.50. The van der Waals surface area contributed by atoms with Crippen molar-refractivity contribution in [3.8, 4) is 0 Å². The molecule has 2 N–H and O–H groups in total. The predicted octanol–water partition coefficient (Wildman–Crippen LogP) is 1.62. The average molecular weight is 184 g/mol. The van der Waals surface area contributed by atoms with Gasteiger partial charge in [-0.1, -0.05) is 20.8 Å². The molecule has 13 heavy (non-hydrogen) atoms. The van der Waals surface area contributed by atoms with Gasteiger partial charge in [0.15, 0.2) is 0 Å². The van der Waals surface area contributed by atoms with Crippen molar-refractivity contribution < 1.29 is 0 Å². The maximum Gasteiger partial charge on any atom is 0.0164 e. The SMILES string of the molecule is CCNCC(C)NCC1CC1(C)C. The van der Waals surface area contributed by atoms with Crippen LogP contribution in [0.5, 0.6) is 0 Å². The molecule has 0 aliphatic heterocycles. The van der Waals surface area contributed by atoms with Gasteiger partial charge in [0.25, 0.3) is 0 Å². The maximum atomic E-state index is 3.57. The van der Waals surface area contributed by atoms with Gasteiger partial charge in [-0.15, -0.1) is 0 Å². The van der Waals surface area contributed by atoms with Crippen LogP contribution >= 0.6 is 0 Å². The normalized spacial score (nSPS) is 27.2. The summed E-state index contributed by atoms with van der Waals surface area (Å²) < 4.78 is 0. The maximum absolute atomic E-state index is 3.57. The first-order chi connectivity index (χ1) is 6.06. The van der Waals surface area contributed by atoms with Crippen LogP contribution in [0.4, 0.5) is 0 Å². The lowest BCUT2D eigenvalue weighted by Crippen LogP contribution is -2.37. The van der Waals surface area contributed by atoms with Crippen LogP contribution in [-0.4, -0.2) is 25.7 Å². The Morgan fingerprint density at radius 3 is 2.54 bits per heavy atom. The fraction of sp³-hybridized carbons (Fsp3) is 1.00. The summed E-state index contributed by atoms with van der Waals surface area (Å²) >= 11 is 0. The molecule has 0 spiro atoms. The minimum atomic E-state index is 0.608. The third-order valence-electron chi connectivity index (χ3n) is 3.13. The minimum Gasteiger partial charge on any atom is -0.315 e. The highest BCUT2D eigenvalue weighted by Crippen LogP contribution is 2.50. The monoisotopic (exact) mass is 184 g/mol. The summed E-state index contributed by atoms with van der Waals surface area (Å²) in [5, 5.41) is 6.92. The molecule has 0 saturated heterocycles. The van der Waals surface area contributed by atoms with Crippen LogP contribution in [0.25, 0.3) is 0 Å². The standard InChI is InChI=1S/C11H24N2/c1-5-12-7-9(2)13-8-10-6-11(10,3)4/h9-10,12-13H,5-8H2,1-4H3. The zero-order valence-electron chi connectivity index (χ0n) is 9.48. The molecular weight excluding hydrogens is 160 g/mol. The molecule has 1 aliphatic rings. The number of likely N-dealkylation sites (N-methyl/N-ethyl adjacent to an activating group) is 1. The summed E-state index contributed by atoms with van der Waals surface area (Å²) in [5.41, 5.74) is 0.616. The molecule has 0 amide bonds. The Bertz CT molecular complexity index is 154. The second-order valence-electron chi connectivity index (χ2n) is 5.01. The lowest BCUT2D eigenvalue weighted by molar-refractivity contribution is 0.460. The van der Waals surface area contributed by atoms with E-state index < -0.39 is 0 Å². The van der Waals surface area contributed by atoms with Crippen LogP contribution in [0, 0.1) is 11.3 Å². The van der Waals surface area contributed by atoms with Crippen molar-refractivity contribution >= 4 is 0 Å². The molecule has 0 heterocycles. The van der Waals surface area contributed by atoms with Crippen molar-refractivity contribution in [3.63, 3.8) is 0 Å². The van der Waals surface area contributed by atoms with Gasteiger partial charge in [0.1, 0.15) is 0 Å². The Hall–Kier alpha value is -0.0800. The lowest BCUT2D eigenvalue weighted by atomic mass is 10.1. The van der Waals surface area contributed by atoms with Crippen LogP contribution in [0.2, 0.25) is 0 Å². The molecule has 0 aromatic rings. The molecule has 2 unspecified atom stereocenters. The third kappa shape index (κ3) is 3.65. The first-order valence-corrected chi connectivity index (χ1v) is 5.50. The van der Waals surface area contributed by atoms with Gasteiger partial charge in [-0.05, 0) is 37.8 Å². The van der Waals surface area contributed by atoms with Crippen LogP contribution < -0.4 is 10.6 Å². The zero-order chi connectivity index (χ0) is 9.90. The fourth-order valence-electron chi connectivity index (χ4n) is 1.70. The van der Waals surface area contributed by atoms with Crippen LogP contribution in [0.15, 0.2) is 0 Å². The minimum absolute atomic E-state index is 0.608. The van der Waals surface area contributed by atoms with E-state index in [1.165, 1.54) is 13.0 Å². The Labute approximate surface area is 82.5 Å². The van der Waals surface area contributed by atoms with Gasteiger partial charge < -0.3 is 10.6 Å². The van der Waals surface area contributed by atoms with E-state index in [9.17, 15) is 0 Å². The van der Waals surface area contributed by atoms with E-state index >= 15 is 0 Å². The summed E-state index contributed by atoms with van der Waals surface area (Å²) in [7, 11) is 0. The largest absolute Gasteiger partial charge is 0.315 e. The summed E-state index contributed by atoms with van der Waals surface area (Å²) in [5.74, 6) is 0.913. The Kier molecular flexibility index (Phi) is 3.74. The molecule has 0 aromatic carbocycles. The van der Waals surface area contributed by atoms with Gasteiger partial charge in [0.2, 0.25) is 0 Å². The van der Waals surface area contributed by atoms with E-state index in [0.717, 1.165) is 19.0 Å². The van der Waals surface area contributed by atoms with Crippen molar-refractivity contribution in [1.82, 2.24) is 10.6 Å². The molecule has 1 aliphatic carbocycles. The van der Waals surface area contributed by atoms with Crippen LogP contribution in [0.3, 0.4) is 0 Å². The summed E-state index contributed by atoms with van der Waals surface area (Å²) in [4.78, 5) is 0. The smallest absolute Gasteiger partial charge is 0.0164 e. The van der Waals surface area contributed by atoms with Gasteiger partial charge >= 0.3 is 0 Å². The molecule has 0 aromatic heterocycles. The number of nitrogens with one attached hydrogen (secondary N) is 2. The highest BCUT2D eigenvalue weighted by atomic mass is 15.0. The van der Waals surface area contributed by atoms with Crippen molar-refractivity contribution in [3.05, 3.63) is 0 Å². The first kappa shape index (κ1) is 11.0. The zero-order valence-corrected chi connectivity index (χ0v) is 9.48. The number of rotatable bonds is 6. The van der Waals surface area contributed by atoms with Crippen molar-refractivity contribution in [2.24, 2.45) is 11.3 Å². The molecule has 1 rings (SSSR count). The molecule has 0 bridgehead atoms. The van der Waals surface area contributed by atoms with Crippen molar-refractivity contribution in [2.45, 2.75) is 40.2 Å². The van der Waals surface area contributed by atoms with E-state index in [2.05, 4.69) is 38.3 Å². The molecule has 2 atom stereocenters. The van der Waals surface area contributed by atoms with Crippen molar-refractivity contribution in [2.75, 3.05) is 19.6 Å². The molecule has 1 fully saturated rings. The van der Waals surface area contributed by atoms with E-state index in [-0.39, 0.29) is 0 Å². The van der Waals surface area contributed by atoms with Gasteiger partial charge in [0.05, 0.1) is 0 Å². The topological polar surface area (TPSA) is 24.1 Å². The molecule has 0 radical (unpaired) electrons. The number of hydrogen-bond donors (Lipinski definition) is 2. The second-order valence-corrected chi connectivity index (χ2v) is 5.01.